The highest BCUT2D eigenvalue weighted by Gasteiger charge is 2.28. The van der Waals surface area contributed by atoms with Crippen LogP contribution in [0.25, 0.3) is 0 Å². The fourth-order valence-corrected chi connectivity index (χ4v) is 2.12. The molecule has 2 unspecified atom stereocenters. The monoisotopic (exact) mass is 210 g/mol. The molecule has 0 amide bonds. The molecule has 1 aliphatic rings. The van der Waals surface area contributed by atoms with E-state index in [1.807, 2.05) is 25.6 Å². The van der Waals surface area contributed by atoms with E-state index in [0.717, 1.165) is 36.4 Å². The molecular formula is C11H18N2O2. The first-order valence-electron chi connectivity index (χ1n) is 5.44. The zero-order valence-electron chi connectivity index (χ0n) is 9.53. The molecule has 2 rings (SSSR count). The van der Waals surface area contributed by atoms with Gasteiger partial charge in [-0.2, -0.15) is 5.10 Å². The van der Waals surface area contributed by atoms with Crippen LogP contribution in [0.1, 0.15) is 30.7 Å². The van der Waals surface area contributed by atoms with Crippen molar-refractivity contribution in [3.05, 3.63) is 11.4 Å². The summed E-state index contributed by atoms with van der Waals surface area (Å²) < 4.78 is 7.65. The smallest absolute Gasteiger partial charge is 0.163 e. The van der Waals surface area contributed by atoms with Crippen LogP contribution in [0.2, 0.25) is 0 Å². The van der Waals surface area contributed by atoms with Gasteiger partial charge in [0.1, 0.15) is 11.8 Å². The van der Waals surface area contributed by atoms with Crippen molar-refractivity contribution < 1.29 is 9.84 Å². The lowest BCUT2D eigenvalue weighted by Crippen LogP contribution is -2.26. The lowest BCUT2D eigenvalue weighted by molar-refractivity contribution is 0.0595. The SMILES string of the molecule is Cc1nn(C)c(C)c1OC1CCCC1O. The Labute approximate surface area is 89.9 Å². The van der Waals surface area contributed by atoms with Crippen molar-refractivity contribution in [1.29, 1.82) is 0 Å². The summed E-state index contributed by atoms with van der Waals surface area (Å²) in [6.45, 7) is 3.92. The van der Waals surface area contributed by atoms with Gasteiger partial charge >= 0.3 is 0 Å². The van der Waals surface area contributed by atoms with Gasteiger partial charge in [0.2, 0.25) is 0 Å². The maximum absolute atomic E-state index is 9.69. The molecule has 1 aromatic rings. The first-order valence-corrected chi connectivity index (χ1v) is 5.44. The molecule has 1 heterocycles. The Morgan fingerprint density at radius 3 is 2.60 bits per heavy atom. The van der Waals surface area contributed by atoms with Crippen LogP contribution >= 0.6 is 0 Å². The third-order valence-electron chi connectivity index (χ3n) is 3.13. The number of nitrogens with zero attached hydrogens (tertiary/aromatic N) is 2. The van der Waals surface area contributed by atoms with Gasteiger partial charge in [-0.1, -0.05) is 0 Å². The molecule has 4 nitrogen and oxygen atoms in total. The fraction of sp³-hybridized carbons (Fsp3) is 0.727. The molecule has 0 bridgehead atoms. The van der Waals surface area contributed by atoms with Crippen LogP contribution in [0.4, 0.5) is 0 Å². The topological polar surface area (TPSA) is 47.3 Å². The van der Waals surface area contributed by atoms with E-state index in [1.165, 1.54) is 0 Å². The van der Waals surface area contributed by atoms with Crippen molar-refractivity contribution in [2.24, 2.45) is 7.05 Å². The van der Waals surface area contributed by atoms with Crippen molar-refractivity contribution in [2.45, 2.75) is 45.3 Å². The van der Waals surface area contributed by atoms with Crippen LogP contribution in [0, 0.1) is 13.8 Å². The maximum atomic E-state index is 9.69. The maximum Gasteiger partial charge on any atom is 0.163 e. The summed E-state index contributed by atoms with van der Waals surface area (Å²) >= 11 is 0. The minimum absolute atomic E-state index is 0.0494. The summed E-state index contributed by atoms with van der Waals surface area (Å²) in [4.78, 5) is 0. The Balaban J connectivity index is 2.16. The van der Waals surface area contributed by atoms with E-state index >= 15 is 0 Å². The van der Waals surface area contributed by atoms with Crippen LogP contribution in [0.5, 0.6) is 5.75 Å². The molecule has 1 fully saturated rings. The number of ether oxygens (including phenoxy) is 1. The summed E-state index contributed by atoms with van der Waals surface area (Å²) in [6, 6.07) is 0. The van der Waals surface area contributed by atoms with E-state index in [9.17, 15) is 5.11 Å². The normalized spacial score (nSPS) is 25.9. The van der Waals surface area contributed by atoms with Gasteiger partial charge in [-0.05, 0) is 33.1 Å². The van der Waals surface area contributed by atoms with Crippen molar-refractivity contribution in [3.8, 4) is 5.75 Å². The van der Waals surface area contributed by atoms with Gasteiger partial charge in [-0.15, -0.1) is 0 Å². The predicted octanol–water partition coefficient (Wildman–Crippen LogP) is 1.33. The number of rotatable bonds is 2. The zero-order valence-corrected chi connectivity index (χ0v) is 9.53. The molecule has 15 heavy (non-hydrogen) atoms. The summed E-state index contributed by atoms with van der Waals surface area (Å²) in [6.07, 6.45) is 2.47. The van der Waals surface area contributed by atoms with E-state index in [4.69, 9.17) is 4.74 Å². The molecular weight excluding hydrogens is 192 g/mol. The second-order valence-electron chi connectivity index (χ2n) is 4.28. The summed E-state index contributed by atoms with van der Waals surface area (Å²) in [5.41, 5.74) is 1.92. The van der Waals surface area contributed by atoms with Crippen molar-refractivity contribution in [1.82, 2.24) is 9.78 Å². The lowest BCUT2D eigenvalue weighted by atomic mass is 10.2. The van der Waals surface area contributed by atoms with Crippen LogP contribution < -0.4 is 4.74 Å². The minimum Gasteiger partial charge on any atom is -0.484 e. The van der Waals surface area contributed by atoms with E-state index in [-0.39, 0.29) is 12.2 Å². The Morgan fingerprint density at radius 2 is 2.13 bits per heavy atom. The van der Waals surface area contributed by atoms with E-state index < -0.39 is 0 Å². The molecule has 84 valence electrons. The fourth-order valence-electron chi connectivity index (χ4n) is 2.12. The average molecular weight is 210 g/mol. The summed E-state index contributed by atoms with van der Waals surface area (Å²) in [5, 5.41) is 14.0. The largest absolute Gasteiger partial charge is 0.484 e. The zero-order chi connectivity index (χ0) is 11.0. The molecule has 0 radical (unpaired) electrons. The molecule has 0 aliphatic heterocycles. The van der Waals surface area contributed by atoms with Crippen molar-refractivity contribution in [3.63, 3.8) is 0 Å². The van der Waals surface area contributed by atoms with Gasteiger partial charge in [0.05, 0.1) is 11.8 Å². The molecule has 0 saturated heterocycles. The number of hydrogen-bond acceptors (Lipinski definition) is 3. The third kappa shape index (κ3) is 1.86. The number of hydrogen-bond donors (Lipinski definition) is 1. The first-order chi connectivity index (χ1) is 7.09. The number of aryl methyl sites for hydroxylation is 2. The van der Waals surface area contributed by atoms with E-state index in [2.05, 4.69) is 5.10 Å². The Morgan fingerprint density at radius 1 is 1.40 bits per heavy atom. The van der Waals surface area contributed by atoms with Crippen LogP contribution in [-0.2, 0) is 7.05 Å². The molecule has 0 aromatic carbocycles. The number of aliphatic hydroxyl groups excluding tert-OH is 1. The highest BCUT2D eigenvalue weighted by molar-refractivity contribution is 5.32. The van der Waals surface area contributed by atoms with Crippen LogP contribution in [-0.4, -0.2) is 27.1 Å². The number of aliphatic hydroxyl groups is 1. The molecule has 1 aromatic heterocycles. The van der Waals surface area contributed by atoms with Gasteiger partial charge in [0.15, 0.2) is 5.75 Å². The average Bonchev–Trinajstić information content (AvgIpc) is 2.67. The van der Waals surface area contributed by atoms with Crippen molar-refractivity contribution >= 4 is 0 Å². The van der Waals surface area contributed by atoms with Gasteiger partial charge in [-0.25, -0.2) is 0 Å². The summed E-state index contributed by atoms with van der Waals surface area (Å²) in [5.74, 6) is 0.837. The highest BCUT2D eigenvalue weighted by atomic mass is 16.5. The Hall–Kier alpha value is -1.03. The standard InChI is InChI=1S/C11H18N2O2/c1-7-11(8(2)13(3)12-7)15-10-6-4-5-9(10)14/h9-10,14H,4-6H2,1-3H3. The first kappa shape index (κ1) is 10.5. The van der Waals surface area contributed by atoms with Gasteiger partial charge in [-0.3, -0.25) is 4.68 Å². The molecule has 1 saturated carbocycles. The second-order valence-corrected chi connectivity index (χ2v) is 4.28. The second kappa shape index (κ2) is 3.85. The molecule has 2 atom stereocenters. The Bertz CT molecular complexity index is 360. The molecule has 1 aliphatic carbocycles. The summed E-state index contributed by atoms with van der Waals surface area (Å²) in [7, 11) is 1.90. The minimum atomic E-state index is -0.316. The molecule has 0 spiro atoms. The van der Waals surface area contributed by atoms with Crippen LogP contribution in [0.3, 0.4) is 0 Å². The van der Waals surface area contributed by atoms with Crippen LogP contribution in [0.15, 0.2) is 0 Å². The quantitative estimate of drug-likeness (QED) is 0.801. The van der Waals surface area contributed by atoms with Gasteiger partial charge in [0.25, 0.3) is 0 Å². The Kier molecular flexibility index (Phi) is 2.69. The third-order valence-corrected chi connectivity index (χ3v) is 3.13. The van der Waals surface area contributed by atoms with Gasteiger partial charge in [0, 0.05) is 7.05 Å². The number of aromatic nitrogens is 2. The molecule has 4 heteroatoms. The van der Waals surface area contributed by atoms with E-state index in [1.54, 1.807) is 0 Å². The van der Waals surface area contributed by atoms with Gasteiger partial charge < -0.3 is 9.84 Å². The predicted molar refractivity (Wildman–Crippen MR) is 57.0 cm³/mol. The molecule has 1 N–H and O–H groups in total. The highest BCUT2D eigenvalue weighted by Crippen LogP contribution is 2.28. The lowest BCUT2D eigenvalue weighted by Gasteiger charge is -2.17. The van der Waals surface area contributed by atoms with Crippen molar-refractivity contribution in [2.75, 3.05) is 0 Å². The van der Waals surface area contributed by atoms with E-state index in [0.29, 0.717) is 0 Å².